The van der Waals surface area contributed by atoms with Crippen LogP contribution < -0.4 is 4.74 Å². The van der Waals surface area contributed by atoms with E-state index < -0.39 is 0 Å². The van der Waals surface area contributed by atoms with Gasteiger partial charge < -0.3 is 14.6 Å². The highest BCUT2D eigenvalue weighted by atomic mass is 16.5. The Morgan fingerprint density at radius 3 is 2.89 bits per heavy atom. The fraction of sp³-hybridized carbons (Fsp3) is 0.625. The standard InChI is InChI=1S/C16H22O3/c1-11-13(7-9-18-11)15(17)10-12-6-8-19-16-5-3-2-4-14(12)16/h2-5,11-13,15,17H,6-10H2,1H3. The number of para-hydroxylation sites is 1. The normalized spacial score (nSPS) is 31.6. The molecule has 0 spiro atoms. The molecule has 0 radical (unpaired) electrons. The van der Waals surface area contributed by atoms with Crippen LogP contribution in [0.25, 0.3) is 0 Å². The maximum atomic E-state index is 10.5. The zero-order chi connectivity index (χ0) is 13.2. The van der Waals surface area contributed by atoms with Crippen molar-refractivity contribution in [1.29, 1.82) is 0 Å². The van der Waals surface area contributed by atoms with Gasteiger partial charge in [0.1, 0.15) is 5.75 Å². The van der Waals surface area contributed by atoms with Crippen molar-refractivity contribution >= 4 is 0 Å². The number of ether oxygens (including phenoxy) is 2. The molecule has 4 unspecified atom stereocenters. The van der Waals surface area contributed by atoms with Crippen molar-refractivity contribution in [1.82, 2.24) is 0 Å². The lowest BCUT2D eigenvalue weighted by Gasteiger charge is -2.30. The second-order valence-corrected chi connectivity index (χ2v) is 5.70. The highest BCUT2D eigenvalue weighted by molar-refractivity contribution is 5.37. The minimum Gasteiger partial charge on any atom is -0.493 e. The molecule has 3 rings (SSSR count). The van der Waals surface area contributed by atoms with Crippen LogP contribution in [0.1, 0.15) is 37.7 Å². The number of rotatable bonds is 3. The minimum atomic E-state index is -0.270. The highest BCUT2D eigenvalue weighted by Gasteiger charge is 2.33. The van der Waals surface area contributed by atoms with E-state index in [4.69, 9.17) is 9.47 Å². The van der Waals surface area contributed by atoms with E-state index in [9.17, 15) is 5.11 Å². The molecule has 1 N–H and O–H groups in total. The summed E-state index contributed by atoms with van der Waals surface area (Å²) in [5.74, 6) is 1.68. The average molecular weight is 262 g/mol. The van der Waals surface area contributed by atoms with Crippen molar-refractivity contribution in [2.75, 3.05) is 13.2 Å². The third-order valence-corrected chi connectivity index (χ3v) is 4.54. The van der Waals surface area contributed by atoms with Gasteiger partial charge in [0.05, 0.1) is 18.8 Å². The molecule has 104 valence electrons. The van der Waals surface area contributed by atoms with Crippen molar-refractivity contribution in [3.63, 3.8) is 0 Å². The van der Waals surface area contributed by atoms with Gasteiger partial charge in [-0.25, -0.2) is 0 Å². The molecule has 1 saturated heterocycles. The Labute approximate surface area is 114 Å². The second kappa shape index (κ2) is 5.51. The number of hydrogen-bond acceptors (Lipinski definition) is 3. The van der Waals surface area contributed by atoms with Crippen LogP contribution in [0, 0.1) is 5.92 Å². The summed E-state index contributed by atoms with van der Waals surface area (Å²) in [5, 5.41) is 10.5. The highest BCUT2D eigenvalue weighted by Crippen LogP contribution is 2.38. The lowest BCUT2D eigenvalue weighted by molar-refractivity contribution is 0.0338. The van der Waals surface area contributed by atoms with Crippen LogP contribution in [0.15, 0.2) is 24.3 Å². The van der Waals surface area contributed by atoms with Crippen LogP contribution in [0.2, 0.25) is 0 Å². The van der Waals surface area contributed by atoms with Gasteiger partial charge in [0.15, 0.2) is 0 Å². The van der Waals surface area contributed by atoms with Crippen molar-refractivity contribution < 1.29 is 14.6 Å². The monoisotopic (exact) mass is 262 g/mol. The van der Waals surface area contributed by atoms with E-state index in [1.165, 1.54) is 5.56 Å². The van der Waals surface area contributed by atoms with Crippen LogP contribution in [0.5, 0.6) is 5.75 Å². The average Bonchev–Trinajstić information content (AvgIpc) is 2.85. The molecule has 4 atom stereocenters. The summed E-state index contributed by atoms with van der Waals surface area (Å²) in [4.78, 5) is 0. The first-order valence-corrected chi connectivity index (χ1v) is 7.27. The van der Waals surface area contributed by atoms with Gasteiger partial charge in [-0.3, -0.25) is 0 Å². The summed E-state index contributed by atoms with van der Waals surface area (Å²) in [6.07, 6.45) is 2.71. The van der Waals surface area contributed by atoms with E-state index in [0.29, 0.717) is 5.92 Å². The van der Waals surface area contributed by atoms with Crippen molar-refractivity contribution in [2.24, 2.45) is 5.92 Å². The van der Waals surface area contributed by atoms with Gasteiger partial charge >= 0.3 is 0 Å². The summed E-state index contributed by atoms with van der Waals surface area (Å²) in [6, 6.07) is 8.20. The van der Waals surface area contributed by atoms with Gasteiger partial charge in [-0.15, -0.1) is 0 Å². The quantitative estimate of drug-likeness (QED) is 0.910. The Morgan fingerprint density at radius 1 is 1.26 bits per heavy atom. The van der Waals surface area contributed by atoms with Crippen LogP contribution in [-0.4, -0.2) is 30.5 Å². The third kappa shape index (κ3) is 2.63. The van der Waals surface area contributed by atoms with Crippen molar-refractivity contribution in [2.45, 2.75) is 44.3 Å². The summed E-state index contributed by atoms with van der Waals surface area (Å²) in [5.41, 5.74) is 1.25. The van der Waals surface area contributed by atoms with Crippen molar-refractivity contribution in [3.8, 4) is 5.75 Å². The molecule has 0 bridgehead atoms. The number of aliphatic hydroxyl groups is 1. The fourth-order valence-electron chi connectivity index (χ4n) is 3.38. The molecule has 1 fully saturated rings. The molecule has 2 heterocycles. The molecule has 3 nitrogen and oxygen atoms in total. The number of benzene rings is 1. The Kier molecular flexibility index (Phi) is 3.76. The predicted octanol–water partition coefficient (Wildman–Crippen LogP) is 2.73. The molecule has 0 amide bonds. The zero-order valence-electron chi connectivity index (χ0n) is 11.4. The maximum absolute atomic E-state index is 10.5. The molecule has 1 aromatic carbocycles. The first-order chi connectivity index (χ1) is 9.25. The zero-order valence-corrected chi connectivity index (χ0v) is 11.4. The van der Waals surface area contributed by atoms with E-state index >= 15 is 0 Å². The van der Waals surface area contributed by atoms with Crippen LogP contribution in [0.3, 0.4) is 0 Å². The SMILES string of the molecule is CC1OCCC1C(O)CC1CCOc2ccccc21. The number of fused-ring (bicyclic) bond motifs is 1. The van der Waals surface area contributed by atoms with Crippen LogP contribution >= 0.6 is 0 Å². The van der Waals surface area contributed by atoms with Crippen LogP contribution in [0.4, 0.5) is 0 Å². The smallest absolute Gasteiger partial charge is 0.122 e. The molecule has 1 aromatic rings. The van der Waals surface area contributed by atoms with E-state index in [-0.39, 0.29) is 18.1 Å². The Bertz CT molecular complexity index is 432. The van der Waals surface area contributed by atoms with Gasteiger partial charge in [0, 0.05) is 12.5 Å². The molecule has 0 aliphatic carbocycles. The summed E-state index contributed by atoms with van der Waals surface area (Å²) in [6.45, 7) is 3.61. The van der Waals surface area contributed by atoms with E-state index in [1.807, 2.05) is 18.2 Å². The third-order valence-electron chi connectivity index (χ3n) is 4.54. The van der Waals surface area contributed by atoms with Crippen LogP contribution in [-0.2, 0) is 4.74 Å². The fourth-order valence-corrected chi connectivity index (χ4v) is 3.38. The predicted molar refractivity (Wildman–Crippen MR) is 73.4 cm³/mol. The summed E-state index contributed by atoms with van der Waals surface area (Å²) in [7, 11) is 0. The molecular weight excluding hydrogens is 240 g/mol. The second-order valence-electron chi connectivity index (χ2n) is 5.70. The molecule has 3 heteroatoms. The Balaban J connectivity index is 1.70. The van der Waals surface area contributed by atoms with Gasteiger partial charge in [-0.05, 0) is 43.7 Å². The molecule has 2 aliphatic heterocycles. The van der Waals surface area contributed by atoms with Gasteiger partial charge in [-0.2, -0.15) is 0 Å². The Morgan fingerprint density at radius 2 is 2.11 bits per heavy atom. The van der Waals surface area contributed by atoms with E-state index in [2.05, 4.69) is 13.0 Å². The lowest BCUT2D eigenvalue weighted by atomic mass is 9.83. The first-order valence-electron chi connectivity index (χ1n) is 7.27. The van der Waals surface area contributed by atoms with E-state index in [1.54, 1.807) is 0 Å². The topological polar surface area (TPSA) is 38.7 Å². The number of hydrogen-bond donors (Lipinski definition) is 1. The van der Waals surface area contributed by atoms with Gasteiger partial charge in [0.2, 0.25) is 0 Å². The molecule has 19 heavy (non-hydrogen) atoms. The molecular formula is C16H22O3. The largest absolute Gasteiger partial charge is 0.493 e. The minimum absolute atomic E-state index is 0.185. The van der Waals surface area contributed by atoms with Gasteiger partial charge in [-0.1, -0.05) is 18.2 Å². The molecule has 0 saturated carbocycles. The molecule has 2 aliphatic rings. The first kappa shape index (κ1) is 12.9. The summed E-state index contributed by atoms with van der Waals surface area (Å²) >= 11 is 0. The summed E-state index contributed by atoms with van der Waals surface area (Å²) < 4.78 is 11.2. The number of aliphatic hydroxyl groups excluding tert-OH is 1. The lowest BCUT2D eigenvalue weighted by Crippen LogP contribution is -2.29. The van der Waals surface area contributed by atoms with E-state index in [0.717, 1.165) is 38.2 Å². The maximum Gasteiger partial charge on any atom is 0.122 e. The van der Waals surface area contributed by atoms with Crippen molar-refractivity contribution in [3.05, 3.63) is 29.8 Å². The van der Waals surface area contributed by atoms with Gasteiger partial charge in [0.25, 0.3) is 0 Å². The molecule has 0 aromatic heterocycles. The Hall–Kier alpha value is -1.06.